The molecule has 1 unspecified atom stereocenters. The number of alkyl halides is 3. The number of thioether (sulfide) groups is 1. The maximum atomic E-state index is 12.9. The number of aromatic nitrogens is 3. The predicted octanol–water partition coefficient (Wildman–Crippen LogP) is 6.37. The third-order valence-electron chi connectivity index (χ3n) is 4.56. The molecule has 0 radical (unpaired) electrons. The van der Waals surface area contributed by atoms with Crippen LogP contribution >= 0.6 is 11.8 Å². The zero-order valence-electron chi connectivity index (χ0n) is 17.3. The Hall–Kier alpha value is -2.48. The van der Waals surface area contributed by atoms with Crippen molar-refractivity contribution in [3.05, 3.63) is 70.5 Å². The van der Waals surface area contributed by atoms with Crippen molar-refractivity contribution in [3.63, 3.8) is 0 Å². The van der Waals surface area contributed by atoms with Crippen molar-refractivity contribution in [2.75, 3.05) is 0 Å². The van der Waals surface area contributed by atoms with E-state index in [0.29, 0.717) is 28.8 Å². The van der Waals surface area contributed by atoms with E-state index in [-0.39, 0.29) is 6.10 Å². The summed E-state index contributed by atoms with van der Waals surface area (Å²) in [5, 5.41) is 9.18. The van der Waals surface area contributed by atoms with Crippen LogP contribution in [0, 0.1) is 13.8 Å². The molecule has 0 aliphatic carbocycles. The highest BCUT2D eigenvalue weighted by Gasteiger charge is 2.30. The highest BCUT2D eigenvalue weighted by molar-refractivity contribution is 7.98. The van der Waals surface area contributed by atoms with Crippen molar-refractivity contribution in [2.45, 2.75) is 57.4 Å². The van der Waals surface area contributed by atoms with Crippen LogP contribution in [0.2, 0.25) is 0 Å². The normalized spacial score (nSPS) is 12.8. The molecule has 160 valence electrons. The van der Waals surface area contributed by atoms with Crippen LogP contribution in [0.15, 0.2) is 47.6 Å². The van der Waals surface area contributed by atoms with Gasteiger partial charge in [0, 0.05) is 12.3 Å². The Morgan fingerprint density at radius 3 is 2.40 bits per heavy atom. The quantitative estimate of drug-likeness (QED) is 0.405. The number of rotatable bonds is 7. The first-order valence-corrected chi connectivity index (χ1v) is 10.6. The largest absolute Gasteiger partial charge is 0.483 e. The van der Waals surface area contributed by atoms with Gasteiger partial charge in [-0.1, -0.05) is 36.0 Å². The molecular formula is C22H24F3N3OS. The van der Waals surface area contributed by atoms with Gasteiger partial charge in [0.05, 0.1) is 5.56 Å². The van der Waals surface area contributed by atoms with E-state index >= 15 is 0 Å². The molecule has 0 spiro atoms. The first-order chi connectivity index (χ1) is 14.2. The van der Waals surface area contributed by atoms with Crippen molar-refractivity contribution < 1.29 is 17.9 Å². The van der Waals surface area contributed by atoms with E-state index in [1.165, 1.54) is 23.9 Å². The molecule has 3 rings (SSSR count). The Labute approximate surface area is 178 Å². The molecule has 0 bridgehead atoms. The van der Waals surface area contributed by atoms with E-state index in [4.69, 9.17) is 4.74 Å². The van der Waals surface area contributed by atoms with E-state index in [0.717, 1.165) is 22.9 Å². The summed E-state index contributed by atoms with van der Waals surface area (Å²) in [6.07, 6.45) is -4.67. The molecule has 8 heteroatoms. The van der Waals surface area contributed by atoms with Crippen LogP contribution in [0.1, 0.15) is 48.0 Å². The zero-order valence-corrected chi connectivity index (χ0v) is 18.1. The van der Waals surface area contributed by atoms with Crippen LogP contribution in [0.4, 0.5) is 13.2 Å². The molecule has 30 heavy (non-hydrogen) atoms. The topological polar surface area (TPSA) is 39.9 Å². The molecule has 0 amide bonds. The highest BCUT2D eigenvalue weighted by atomic mass is 32.2. The van der Waals surface area contributed by atoms with Crippen LogP contribution in [0.25, 0.3) is 0 Å². The second-order valence-electron chi connectivity index (χ2n) is 7.16. The van der Waals surface area contributed by atoms with Gasteiger partial charge in [-0.05, 0) is 62.6 Å². The fourth-order valence-electron chi connectivity index (χ4n) is 3.25. The van der Waals surface area contributed by atoms with Crippen molar-refractivity contribution in [1.29, 1.82) is 0 Å². The van der Waals surface area contributed by atoms with Gasteiger partial charge in [0.25, 0.3) is 0 Å². The lowest BCUT2D eigenvalue weighted by Crippen LogP contribution is -2.12. The van der Waals surface area contributed by atoms with E-state index in [2.05, 4.69) is 16.3 Å². The molecule has 0 aliphatic heterocycles. The number of nitrogens with zero attached hydrogens (tertiary/aromatic N) is 3. The lowest BCUT2D eigenvalue weighted by atomic mass is 10.1. The number of aryl methyl sites for hydroxylation is 2. The summed E-state index contributed by atoms with van der Waals surface area (Å²) in [5.41, 5.74) is 2.17. The van der Waals surface area contributed by atoms with E-state index in [9.17, 15) is 13.2 Å². The van der Waals surface area contributed by atoms with Crippen LogP contribution in [0.5, 0.6) is 5.75 Å². The minimum Gasteiger partial charge on any atom is -0.483 e. The fourth-order valence-corrected chi connectivity index (χ4v) is 4.20. The minimum absolute atomic E-state index is 0.318. The second-order valence-corrected chi connectivity index (χ2v) is 8.10. The highest BCUT2D eigenvalue weighted by Crippen LogP contribution is 2.32. The number of ether oxygens (including phenoxy) is 1. The van der Waals surface area contributed by atoms with E-state index in [1.54, 1.807) is 6.07 Å². The molecule has 0 aliphatic rings. The third-order valence-corrected chi connectivity index (χ3v) is 5.59. The molecular weight excluding hydrogens is 411 g/mol. The third kappa shape index (κ3) is 5.36. The number of halogens is 3. The van der Waals surface area contributed by atoms with E-state index in [1.807, 2.05) is 44.4 Å². The molecule has 1 atom stereocenters. The van der Waals surface area contributed by atoms with Crippen molar-refractivity contribution in [2.24, 2.45) is 0 Å². The molecule has 0 fully saturated rings. The summed E-state index contributed by atoms with van der Waals surface area (Å²) in [6.45, 7) is 8.55. The first-order valence-electron chi connectivity index (χ1n) is 9.64. The average molecular weight is 436 g/mol. The second kappa shape index (κ2) is 9.12. The van der Waals surface area contributed by atoms with Gasteiger partial charge in [-0.15, -0.1) is 10.2 Å². The van der Waals surface area contributed by atoms with Crippen LogP contribution in [-0.4, -0.2) is 14.8 Å². The summed E-state index contributed by atoms with van der Waals surface area (Å²) in [6, 6.07) is 11.4. The van der Waals surface area contributed by atoms with Crippen LogP contribution < -0.4 is 4.74 Å². The lowest BCUT2D eigenvalue weighted by Gasteiger charge is -2.16. The van der Waals surface area contributed by atoms with Gasteiger partial charge in [0.2, 0.25) is 0 Å². The van der Waals surface area contributed by atoms with Gasteiger partial charge in [0.1, 0.15) is 5.75 Å². The number of benzene rings is 2. The Morgan fingerprint density at radius 1 is 1.07 bits per heavy atom. The molecule has 4 nitrogen and oxygen atoms in total. The molecule has 0 N–H and O–H groups in total. The molecule has 3 aromatic rings. The summed E-state index contributed by atoms with van der Waals surface area (Å²) >= 11 is 1.36. The Morgan fingerprint density at radius 2 is 1.77 bits per heavy atom. The van der Waals surface area contributed by atoms with Crippen molar-refractivity contribution in [1.82, 2.24) is 14.8 Å². The SMILES string of the molecule is CCn1c(SCc2cccc(C(F)(F)F)c2)nnc1C(C)Oc1cc(C)cc(C)c1. The van der Waals surface area contributed by atoms with Crippen LogP contribution in [-0.2, 0) is 18.5 Å². The fraction of sp³-hybridized carbons (Fsp3) is 0.364. The molecule has 0 saturated carbocycles. The smallest absolute Gasteiger partial charge is 0.416 e. The first kappa shape index (κ1) is 22.2. The van der Waals surface area contributed by atoms with Gasteiger partial charge in [-0.3, -0.25) is 0 Å². The Balaban J connectivity index is 1.74. The van der Waals surface area contributed by atoms with Crippen molar-refractivity contribution in [3.8, 4) is 5.75 Å². The van der Waals surface area contributed by atoms with E-state index < -0.39 is 11.7 Å². The molecule has 1 heterocycles. The average Bonchev–Trinajstić information content (AvgIpc) is 3.08. The molecule has 2 aromatic carbocycles. The molecule has 1 aromatic heterocycles. The summed E-state index contributed by atoms with van der Waals surface area (Å²) in [7, 11) is 0. The Bertz CT molecular complexity index is 997. The van der Waals surface area contributed by atoms with Gasteiger partial charge >= 0.3 is 6.18 Å². The number of hydrogen-bond donors (Lipinski definition) is 0. The maximum Gasteiger partial charge on any atom is 0.416 e. The summed E-state index contributed by atoms with van der Waals surface area (Å²) < 4.78 is 46.8. The standard InChI is InChI=1S/C22H24F3N3OS/c1-5-28-20(16(4)29-19-10-14(2)9-15(3)11-19)26-27-21(28)30-13-17-7-6-8-18(12-17)22(23,24)25/h6-12,16H,5,13H2,1-4H3. The van der Waals surface area contributed by atoms with Crippen molar-refractivity contribution >= 4 is 11.8 Å². The van der Waals surface area contributed by atoms with Crippen LogP contribution in [0.3, 0.4) is 0 Å². The van der Waals surface area contributed by atoms with Gasteiger partial charge in [0.15, 0.2) is 17.1 Å². The minimum atomic E-state index is -4.35. The predicted molar refractivity (Wildman–Crippen MR) is 112 cm³/mol. The maximum absolute atomic E-state index is 12.9. The molecule has 0 saturated heterocycles. The Kier molecular flexibility index (Phi) is 6.75. The lowest BCUT2D eigenvalue weighted by molar-refractivity contribution is -0.137. The summed E-state index contributed by atoms with van der Waals surface area (Å²) in [5.74, 6) is 1.82. The van der Waals surface area contributed by atoms with Gasteiger partial charge in [-0.25, -0.2) is 0 Å². The summed E-state index contributed by atoms with van der Waals surface area (Å²) in [4.78, 5) is 0. The van der Waals surface area contributed by atoms with Gasteiger partial charge < -0.3 is 9.30 Å². The monoisotopic (exact) mass is 435 g/mol. The van der Waals surface area contributed by atoms with Gasteiger partial charge in [-0.2, -0.15) is 13.2 Å². The zero-order chi connectivity index (χ0) is 21.9. The number of hydrogen-bond acceptors (Lipinski definition) is 4.